The zero-order valence-electron chi connectivity index (χ0n) is 13.3. The summed E-state index contributed by atoms with van der Waals surface area (Å²) in [4.78, 5) is 14.9. The lowest BCUT2D eigenvalue weighted by Crippen LogP contribution is -2.51. The molecule has 0 spiro atoms. The van der Waals surface area contributed by atoms with Gasteiger partial charge in [0.15, 0.2) is 0 Å². The van der Waals surface area contributed by atoms with Crippen molar-refractivity contribution < 1.29 is 9.53 Å². The van der Waals surface area contributed by atoms with Crippen LogP contribution >= 0.6 is 0 Å². The Morgan fingerprint density at radius 2 is 2.23 bits per heavy atom. The van der Waals surface area contributed by atoms with Crippen molar-refractivity contribution in [1.82, 2.24) is 10.2 Å². The fraction of sp³-hybridized carbons (Fsp3) is 0.611. The van der Waals surface area contributed by atoms with E-state index in [1.54, 1.807) is 0 Å². The molecule has 2 saturated heterocycles. The van der Waals surface area contributed by atoms with Crippen LogP contribution in [0.3, 0.4) is 0 Å². The van der Waals surface area contributed by atoms with Gasteiger partial charge in [-0.05, 0) is 24.8 Å². The highest BCUT2D eigenvalue weighted by molar-refractivity contribution is 5.82. The first-order valence-corrected chi connectivity index (χ1v) is 8.49. The molecule has 2 aliphatic rings. The van der Waals surface area contributed by atoms with Crippen LogP contribution < -0.4 is 5.32 Å². The van der Waals surface area contributed by atoms with E-state index in [9.17, 15) is 4.79 Å². The Labute approximate surface area is 132 Å². The Morgan fingerprint density at radius 3 is 2.91 bits per heavy atom. The first-order chi connectivity index (χ1) is 10.8. The second kappa shape index (κ2) is 7.25. The molecule has 4 nitrogen and oxygen atoms in total. The maximum absolute atomic E-state index is 12.8. The number of likely N-dealkylation sites (tertiary alicyclic amines) is 1. The van der Waals surface area contributed by atoms with E-state index in [1.807, 2.05) is 0 Å². The average Bonchev–Trinajstić information content (AvgIpc) is 3.06. The normalized spacial score (nSPS) is 26.9. The summed E-state index contributed by atoms with van der Waals surface area (Å²) in [6.45, 7) is 5.20. The minimum Gasteiger partial charge on any atom is -0.366 e. The van der Waals surface area contributed by atoms with Gasteiger partial charge in [0.25, 0.3) is 5.91 Å². The zero-order chi connectivity index (χ0) is 15.4. The molecular weight excluding hydrogens is 276 g/mol. The van der Waals surface area contributed by atoms with Gasteiger partial charge in [0.1, 0.15) is 6.10 Å². The molecule has 3 atom stereocenters. The number of hydrogen-bond acceptors (Lipinski definition) is 3. The van der Waals surface area contributed by atoms with Crippen LogP contribution in [0.15, 0.2) is 30.3 Å². The number of carbonyl (C=O) groups is 1. The van der Waals surface area contributed by atoms with Gasteiger partial charge in [0.05, 0.1) is 6.61 Å². The van der Waals surface area contributed by atoms with Gasteiger partial charge in [-0.1, -0.05) is 37.3 Å². The van der Waals surface area contributed by atoms with Gasteiger partial charge in [-0.2, -0.15) is 0 Å². The maximum Gasteiger partial charge on any atom is 0.253 e. The van der Waals surface area contributed by atoms with E-state index < -0.39 is 0 Å². The maximum atomic E-state index is 12.8. The van der Waals surface area contributed by atoms with Crippen molar-refractivity contribution in [3.05, 3.63) is 35.9 Å². The van der Waals surface area contributed by atoms with Gasteiger partial charge in [-0.25, -0.2) is 0 Å². The topological polar surface area (TPSA) is 41.6 Å². The molecule has 0 aromatic heterocycles. The largest absolute Gasteiger partial charge is 0.366 e. The third kappa shape index (κ3) is 3.18. The second-order valence-electron chi connectivity index (χ2n) is 6.23. The third-order valence-corrected chi connectivity index (χ3v) is 4.92. The van der Waals surface area contributed by atoms with Crippen molar-refractivity contribution in [1.29, 1.82) is 0 Å². The molecule has 0 saturated carbocycles. The molecule has 2 heterocycles. The predicted molar refractivity (Wildman–Crippen MR) is 86.8 cm³/mol. The van der Waals surface area contributed by atoms with Crippen LogP contribution in [0, 0.1) is 0 Å². The molecule has 1 aromatic carbocycles. The summed E-state index contributed by atoms with van der Waals surface area (Å²) in [5, 5.41) is 3.26. The van der Waals surface area contributed by atoms with Crippen LogP contribution in [0.1, 0.15) is 37.7 Å². The van der Waals surface area contributed by atoms with Crippen molar-refractivity contribution in [2.24, 2.45) is 0 Å². The highest BCUT2D eigenvalue weighted by Gasteiger charge is 2.38. The molecule has 2 fully saturated rings. The van der Waals surface area contributed by atoms with Crippen molar-refractivity contribution in [3.63, 3.8) is 0 Å². The minimum absolute atomic E-state index is 0.170. The van der Waals surface area contributed by atoms with E-state index in [0.29, 0.717) is 25.1 Å². The second-order valence-corrected chi connectivity index (χ2v) is 6.23. The van der Waals surface area contributed by atoms with Crippen LogP contribution in [0.2, 0.25) is 0 Å². The summed E-state index contributed by atoms with van der Waals surface area (Å²) in [7, 11) is 0. The van der Waals surface area contributed by atoms with Crippen LogP contribution in [0.25, 0.3) is 0 Å². The standard InChI is InChI=1S/C18H26N2O2/c1-2-15(14-7-4-3-5-8-14)16-9-6-11-20(16)18(21)17-13-19-10-12-22-17/h3-5,7-8,15-17,19H,2,6,9-13H2,1H3. The first kappa shape index (κ1) is 15.5. The van der Waals surface area contributed by atoms with E-state index >= 15 is 0 Å². The minimum atomic E-state index is -0.303. The molecule has 22 heavy (non-hydrogen) atoms. The van der Waals surface area contributed by atoms with Crippen LogP contribution in [-0.4, -0.2) is 49.2 Å². The predicted octanol–water partition coefficient (Wildman–Crippen LogP) is 2.16. The molecule has 4 heteroatoms. The lowest BCUT2D eigenvalue weighted by Gasteiger charge is -2.35. The quantitative estimate of drug-likeness (QED) is 0.927. The monoisotopic (exact) mass is 302 g/mol. The van der Waals surface area contributed by atoms with E-state index in [1.165, 1.54) is 5.56 Å². The molecule has 0 aliphatic carbocycles. The number of carbonyl (C=O) groups excluding carboxylic acids is 1. The van der Waals surface area contributed by atoms with E-state index in [0.717, 1.165) is 32.4 Å². The lowest BCUT2D eigenvalue weighted by molar-refractivity contribution is -0.146. The average molecular weight is 302 g/mol. The summed E-state index contributed by atoms with van der Waals surface area (Å²) >= 11 is 0. The molecule has 1 amide bonds. The van der Waals surface area contributed by atoms with Crippen LogP contribution in [-0.2, 0) is 9.53 Å². The smallest absolute Gasteiger partial charge is 0.253 e. The molecule has 0 radical (unpaired) electrons. The number of benzene rings is 1. The summed E-state index contributed by atoms with van der Waals surface area (Å²) < 4.78 is 5.67. The Morgan fingerprint density at radius 1 is 1.41 bits per heavy atom. The summed E-state index contributed by atoms with van der Waals surface area (Å²) in [6.07, 6.45) is 2.95. The number of morpholine rings is 1. The Kier molecular flexibility index (Phi) is 5.11. The van der Waals surface area contributed by atoms with E-state index in [2.05, 4.69) is 47.5 Å². The molecule has 0 bridgehead atoms. The summed E-state index contributed by atoms with van der Waals surface area (Å²) in [5.41, 5.74) is 1.34. The third-order valence-electron chi connectivity index (χ3n) is 4.92. The van der Waals surface area contributed by atoms with Crippen LogP contribution in [0.5, 0.6) is 0 Å². The molecule has 120 valence electrons. The van der Waals surface area contributed by atoms with E-state index in [-0.39, 0.29) is 12.0 Å². The fourth-order valence-electron chi connectivity index (χ4n) is 3.82. The van der Waals surface area contributed by atoms with Crippen molar-refractivity contribution in [2.75, 3.05) is 26.2 Å². The van der Waals surface area contributed by atoms with Gasteiger partial charge in [-0.3, -0.25) is 4.79 Å². The summed E-state index contributed by atoms with van der Waals surface area (Å²) in [5.74, 6) is 0.591. The molecule has 2 aliphatic heterocycles. The van der Waals surface area contributed by atoms with Gasteiger partial charge in [-0.15, -0.1) is 0 Å². The number of amides is 1. The number of ether oxygens (including phenoxy) is 1. The van der Waals surface area contributed by atoms with Crippen molar-refractivity contribution >= 4 is 5.91 Å². The molecule has 1 aromatic rings. The first-order valence-electron chi connectivity index (χ1n) is 8.49. The van der Waals surface area contributed by atoms with Crippen LogP contribution in [0.4, 0.5) is 0 Å². The summed E-state index contributed by atoms with van der Waals surface area (Å²) in [6, 6.07) is 10.9. The Bertz CT molecular complexity index is 485. The number of nitrogens with zero attached hydrogens (tertiary/aromatic N) is 1. The molecular formula is C18H26N2O2. The number of nitrogens with one attached hydrogen (secondary N) is 1. The Hall–Kier alpha value is -1.39. The molecule has 1 N–H and O–H groups in total. The SMILES string of the molecule is CCC(c1ccccc1)C1CCCN1C(=O)C1CNCCO1. The van der Waals surface area contributed by atoms with Gasteiger partial charge >= 0.3 is 0 Å². The number of rotatable bonds is 4. The van der Waals surface area contributed by atoms with Gasteiger partial charge in [0, 0.05) is 31.6 Å². The fourth-order valence-corrected chi connectivity index (χ4v) is 3.82. The zero-order valence-corrected chi connectivity index (χ0v) is 13.3. The lowest BCUT2D eigenvalue weighted by atomic mass is 9.87. The highest BCUT2D eigenvalue weighted by Crippen LogP contribution is 2.34. The van der Waals surface area contributed by atoms with Crippen molar-refractivity contribution in [2.45, 2.75) is 44.2 Å². The Balaban J connectivity index is 1.75. The molecule has 3 rings (SSSR count). The highest BCUT2D eigenvalue weighted by atomic mass is 16.5. The number of hydrogen-bond donors (Lipinski definition) is 1. The van der Waals surface area contributed by atoms with E-state index in [4.69, 9.17) is 4.74 Å². The van der Waals surface area contributed by atoms with Gasteiger partial charge in [0.2, 0.25) is 0 Å². The molecule has 3 unspecified atom stereocenters. The van der Waals surface area contributed by atoms with Crippen molar-refractivity contribution in [3.8, 4) is 0 Å². The van der Waals surface area contributed by atoms with Gasteiger partial charge < -0.3 is 15.0 Å².